The van der Waals surface area contributed by atoms with Crippen molar-refractivity contribution in [2.75, 3.05) is 6.54 Å². The van der Waals surface area contributed by atoms with Crippen LogP contribution in [-0.4, -0.2) is 22.5 Å². The molecule has 1 N–H and O–H groups in total. The van der Waals surface area contributed by atoms with E-state index in [0.29, 0.717) is 16.2 Å². The van der Waals surface area contributed by atoms with Crippen molar-refractivity contribution in [3.63, 3.8) is 0 Å². The highest BCUT2D eigenvalue weighted by Gasteiger charge is 2.34. The second kappa shape index (κ2) is 4.25. The summed E-state index contributed by atoms with van der Waals surface area (Å²) in [5.41, 5.74) is 0.769. The van der Waals surface area contributed by atoms with Crippen LogP contribution in [-0.2, 0) is 0 Å². The van der Waals surface area contributed by atoms with Crippen molar-refractivity contribution < 1.29 is 0 Å². The van der Waals surface area contributed by atoms with Gasteiger partial charge in [-0.15, -0.1) is 0 Å². The Kier molecular flexibility index (Phi) is 3.26. The van der Waals surface area contributed by atoms with Crippen LogP contribution in [0.3, 0.4) is 0 Å². The van der Waals surface area contributed by atoms with Gasteiger partial charge in [0.25, 0.3) is 0 Å². The van der Waals surface area contributed by atoms with Crippen molar-refractivity contribution in [1.82, 2.24) is 5.32 Å². The summed E-state index contributed by atoms with van der Waals surface area (Å²) in [4.78, 5) is 4.64. The molecule has 0 bridgehead atoms. The third-order valence-electron chi connectivity index (χ3n) is 3.42. The second-order valence-corrected chi connectivity index (χ2v) is 7.98. The molecule has 0 aromatic rings. The topological polar surface area (TPSA) is 24.4 Å². The predicted molar refractivity (Wildman–Crippen MR) is 73.1 cm³/mol. The second-order valence-electron chi connectivity index (χ2n) is 6.69. The molecule has 1 aliphatic heterocycles. The van der Waals surface area contributed by atoms with Gasteiger partial charge in [0.2, 0.25) is 0 Å². The first-order chi connectivity index (χ1) is 7.36. The monoisotopic (exact) mass is 240 g/mol. The van der Waals surface area contributed by atoms with Gasteiger partial charge in [0.1, 0.15) is 0 Å². The van der Waals surface area contributed by atoms with Crippen molar-refractivity contribution in [2.45, 2.75) is 64.2 Å². The molecule has 0 spiro atoms. The Hall–Kier alpha value is -0.180. The smallest absolute Gasteiger partial charge is 0.157 e. The fraction of sp³-hybridized carbons (Fsp3) is 0.923. The van der Waals surface area contributed by atoms with Gasteiger partial charge in [-0.3, -0.25) is 4.99 Å². The minimum atomic E-state index is 0.350. The van der Waals surface area contributed by atoms with Crippen LogP contribution in [0.25, 0.3) is 0 Å². The molecule has 2 aliphatic rings. The predicted octanol–water partition coefficient (Wildman–Crippen LogP) is 3.43. The molecule has 0 aromatic heterocycles. The lowest BCUT2D eigenvalue weighted by Crippen LogP contribution is -2.49. The molecule has 0 amide bonds. The normalized spacial score (nSPS) is 28.5. The fourth-order valence-corrected chi connectivity index (χ4v) is 3.87. The molecule has 2 rings (SSSR count). The summed E-state index contributed by atoms with van der Waals surface area (Å²) >= 11 is 1.95. The molecule has 1 saturated carbocycles. The summed E-state index contributed by atoms with van der Waals surface area (Å²) in [5, 5.41) is 5.50. The lowest BCUT2D eigenvalue weighted by atomic mass is 9.79. The maximum Gasteiger partial charge on any atom is 0.157 e. The van der Waals surface area contributed by atoms with Crippen molar-refractivity contribution in [3.8, 4) is 0 Å². The molecule has 3 heteroatoms. The zero-order valence-electron chi connectivity index (χ0n) is 11.0. The van der Waals surface area contributed by atoms with E-state index in [1.807, 2.05) is 11.8 Å². The summed E-state index contributed by atoms with van der Waals surface area (Å²) in [5.74, 6) is 0. The number of thioether (sulfide) groups is 1. The molecular formula is C13H24N2S. The molecule has 0 aromatic carbocycles. The minimum absolute atomic E-state index is 0.350. The molecular weight excluding hydrogens is 216 g/mol. The maximum atomic E-state index is 4.64. The van der Waals surface area contributed by atoms with Crippen LogP contribution in [0.15, 0.2) is 4.99 Å². The average molecular weight is 240 g/mol. The zero-order valence-corrected chi connectivity index (χ0v) is 11.8. The van der Waals surface area contributed by atoms with Crippen LogP contribution in [0, 0.1) is 5.41 Å². The first-order valence-corrected chi connectivity index (χ1v) is 7.24. The third kappa shape index (κ3) is 3.16. The van der Waals surface area contributed by atoms with Crippen LogP contribution in [0.5, 0.6) is 0 Å². The Morgan fingerprint density at radius 1 is 1.44 bits per heavy atom. The van der Waals surface area contributed by atoms with E-state index in [1.54, 1.807) is 0 Å². The van der Waals surface area contributed by atoms with Crippen LogP contribution in [0.2, 0.25) is 0 Å². The van der Waals surface area contributed by atoms with Gasteiger partial charge in [-0.25, -0.2) is 0 Å². The molecule has 0 saturated heterocycles. The van der Waals surface area contributed by atoms with E-state index in [1.165, 1.54) is 30.9 Å². The van der Waals surface area contributed by atoms with E-state index in [-0.39, 0.29) is 0 Å². The van der Waals surface area contributed by atoms with Gasteiger partial charge in [-0.1, -0.05) is 32.5 Å². The zero-order chi connectivity index (χ0) is 11.8. The molecule has 1 heterocycles. The van der Waals surface area contributed by atoms with E-state index in [0.717, 1.165) is 6.54 Å². The molecule has 2 nitrogen and oxygen atoms in total. The standard InChI is InChI=1S/C13H24N2S/c1-12(2,3)8-10-9-14-11(16-10)15-13(4)6-5-7-13/h10H,5-9H2,1-4H3,(H,14,15). The van der Waals surface area contributed by atoms with Crippen LogP contribution < -0.4 is 5.32 Å². The number of hydrogen-bond acceptors (Lipinski definition) is 3. The van der Waals surface area contributed by atoms with E-state index >= 15 is 0 Å². The molecule has 1 unspecified atom stereocenters. The van der Waals surface area contributed by atoms with Gasteiger partial charge in [-0.2, -0.15) is 0 Å². The molecule has 0 radical (unpaired) electrons. The maximum absolute atomic E-state index is 4.64. The number of hydrogen-bond donors (Lipinski definition) is 1. The molecule has 1 atom stereocenters. The molecule has 16 heavy (non-hydrogen) atoms. The summed E-state index contributed by atoms with van der Waals surface area (Å²) in [6.45, 7) is 10.3. The Balaban J connectivity index is 1.79. The highest BCUT2D eigenvalue weighted by Crippen LogP contribution is 2.35. The fourth-order valence-electron chi connectivity index (χ4n) is 2.37. The van der Waals surface area contributed by atoms with E-state index < -0.39 is 0 Å². The lowest BCUT2D eigenvalue weighted by Gasteiger charge is -2.39. The first-order valence-electron chi connectivity index (χ1n) is 6.36. The van der Waals surface area contributed by atoms with Crippen molar-refractivity contribution >= 4 is 16.9 Å². The lowest BCUT2D eigenvalue weighted by molar-refractivity contribution is 0.245. The van der Waals surface area contributed by atoms with Gasteiger partial charge < -0.3 is 5.32 Å². The number of amidine groups is 1. The summed E-state index contributed by atoms with van der Waals surface area (Å²) in [6.07, 6.45) is 5.23. The summed E-state index contributed by atoms with van der Waals surface area (Å²) in [6, 6.07) is 0. The minimum Gasteiger partial charge on any atom is -0.360 e. The Bertz CT molecular complexity index is 287. The van der Waals surface area contributed by atoms with E-state index in [9.17, 15) is 0 Å². The Labute approximate surface area is 104 Å². The van der Waals surface area contributed by atoms with Gasteiger partial charge in [-0.05, 0) is 38.0 Å². The van der Waals surface area contributed by atoms with Crippen molar-refractivity contribution in [2.24, 2.45) is 10.4 Å². The van der Waals surface area contributed by atoms with Crippen molar-refractivity contribution in [3.05, 3.63) is 0 Å². The van der Waals surface area contributed by atoms with Crippen LogP contribution in [0.1, 0.15) is 53.4 Å². The van der Waals surface area contributed by atoms with E-state index in [2.05, 4.69) is 38.0 Å². The Morgan fingerprint density at radius 2 is 2.12 bits per heavy atom. The largest absolute Gasteiger partial charge is 0.360 e. The van der Waals surface area contributed by atoms with Crippen LogP contribution in [0.4, 0.5) is 0 Å². The number of rotatable bonds is 2. The highest BCUT2D eigenvalue weighted by atomic mass is 32.2. The van der Waals surface area contributed by atoms with Gasteiger partial charge >= 0.3 is 0 Å². The van der Waals surface area contributed by atoms with Gasteiger partial charge in [0.05, 0.1) is 6.54 Å². The number of nitrogens with zero attached hydrogens (tertiary/aromatic N) is 1. The first kappa shape index (κ1) is 12.3. The molecule has 1 aliphatic carbocycles. The van der Waals surface area contributed by atoms with Crippen molar-refractivity contribution in [1.29, 1.82) is 0 Å². The quantitative estimate of drug-likeness (QED) is 0.799. The average Bonchev–Trinajstić information content (AvgIpc) is 2.46. The summed E-state index contributed by atoms with van der Waals surface area (Å²) < 4.78 is 0. The van der Waals surface area contributed by atoms with E-state index in [4.69, 9.17) is 0 Å². The van der Waals surface area contributed by atoms with Crippen LogP contribution >= 0.6 is 11.8 Å². The van der Waals surface area contributed by atoms with Gasteiger partial charge in [0, 0.05) is 10.8 Å². The highest BCUT2D eigenvalue weighted by molar-refractivity contribution is 8.14. The van der Waals surface area contributed by atoms with Gasteiger partial charge in [0.15, 0.2) is 5.17 Å². The number of nitrogens with one attached hydrogen (secondary N) is 1. The molecule has 1 fully saturated rings. The SMILES string of the molecule is CC(C)(C)CC1CN=C(NC2(C)CCC2)S1. The number of aliphatic imine (C=N–C) groups is 1. The third-order valence-corrected chi connectivity index (χ3v) is 4.53. The molecule has 92 valence electrons. The Morgan fingerprint density at radius 3 is 2.62 bits per heavy atom. The summed E-state index contributed by atoms with van der Waals surface area (Å²) in [7, 11) is 0.